The van der Waals surface area contributed by atoms with E-state index in [-0.39, 0.29) is 0 Å². The lowest BCUT2D eigenvalue weighted by Gasteiger charge is -2.27. The number of methoxy groups -OCH3 is 2. The van der Waals surface area contributed by atoms with Crippen molar-refractivity contribution in [1.82, 2.24) is 14.9 Å². The van der Waals surface area contributed by atoms with E-state index in [1.807, 2.05) is 0 Å². The van der Waals surface area contributed by atoms with Gasteiger partial charge in [-0.25, -0.2) is 4.98 Å². The number of hydrogen-bond donors (Lipinski definition) is 0. The van der Waals surface area contributed by atoms with Crippen LogP contribution in [0, 0.1) is 0 Å². The van der Waals surface area contributed by atoms with E-state index in [0.717, 1.165) is 12.2 Å². The summed E-state index contributed by atoms with van der Waals surface area (Å²) in [5.74, 6) is 0. The second kappa shape index (κ2) is 8.37. The molecule has 5 nitrogen and oxygen atoms in total. The first-order valence-corrected chi connectivity index (χ1v) is 6.23. The van der Waals surface area contributed by atoms with Crippen LogP contribution in [-0.2, 0) is 16.0 Å². The van der Waals surface area contributed by atoms with Crippen molar-refractivity contribution in [3.63, 3.8) is 0 Å². The average Bonchev–Trinajstić information content (AvgIpc) is 2.37. The molecule has 0 aromatic carbocycles. The van der Waals surface area contributed by atoms with Crippen molar-refractivity contribution in [1.29, 1.82) is 0 Å². The number of rotatable bonds is 8. The predicted octanol–water partition coefficient (Wildman–Crippen LogP) is 1.61. The van der Waals surface area contributed by atoms with E-state index in [1.54, 1.807) is 26.6 Å². The summed E-state index contributed by atoms with van der Waals surface area (Å²) in [6.07, 6.45) is 3.26. The van der Waals surface area contributed by atoms with Crippen molar-refractivity contribution in [3.8, 4) is 0 Å². The van der Waals surface area contributed by atoms with Gasteiger partial charge in [0.1, 0.15) is 5.15 Å². The monoisotopic (exact) mass is 273 g/mol. The van der Waals surface area contributed by atoms with Gasteiger partial charge in [-0.15, -0.1) is 0 Å². The summed E-state index contributed by atoms with van der Waals surface area (Å²) in [5.41, 5.74) is 0.887. The Morgan fingerprint density at radius 1 is 1.28 bits per heavy atom. The van der Waals surface area contributed by atoms with Crippen LogP contribution in [0.3, 0.4) is 0 Å². The van der Waals surface area contributed by atoms with Crippen LogP contribution in [0.2, 0.25) is 5.15 Å². The third kappa shape index (κ3) is 5.27. The molecular formula is C12H20ClN3O2. The fraction of sp³-hybridized carbons (Fsp3) is 0.667. The molecule has 0 spiro atoms. The lowest BCUT2D eigenvalue weighted by molar-refractivity contribution is 0.0697. The SMILES string of the molecule is COCCN(Cc1cnc(Cl)cn1)C(C)COC. The summed E-state index contributed by atoms with van der Waals surface area (Å²) in [6, 6.07) is 0.294. The maximum absolute atomic E-state index is 5.72. The molecule has 1 aromatic rings. The Balaban J connectivity index is 2.61. The molecule has 0 amide bonds. The van der Waals surface area contributed by atoms with Gasteiger partial charge in [0.25, 0.3) is 0 Å². The highest BCUT2D eigenvalue weighted by Gasteiger charge is 2.14. The van der Waals surface area contributed by atoms with Gasteiger partial charge in [0.15, 0.2) is 0 Å². The molecule has 0 N–H and O–H groups in total. The molecule has 0 saturated heterocycles. The van der Waals surface area contributed by atoms with Crippen LogP contribution in [0.4, 0.5) is 0 Å². The van der Waals surface area contributed by atoms with E-state index in [9.17, 15) is 0 Å². The minimum absolute atomic E-state index is 0.294. The zero-order valence-electron chi connectivity index (χ0n) is 11.1. The molecule has 6 heteroatoms. The third-order valence-corrected chi connectivity index (χ3v) is 2.85. The zero-order valence-corrected chi connectivity index (χ0v) is 11.9. The van der Waals surface area contributed by atoms with Gasteiger partial charge in [0.05, 0.1) is 31.3 Å². The van der Waals surface area contributed by atoms with Crippen molar-refractivity contribution < 1.29 is 9.47 Å². The highest BCUT2D eigenvalue weighted by atomic mass is 35.5. The third-order valence-electron chi connectivity index (χ3n) is 2.65. The van der Waals surface area contributed by atoms with Crippen molar-refractivity contribution in [2.24, 2.45) is 0 Å². The molecule has 0 radical (unpaired) electrons. The van der Waals surface area contributed by atoms with E-state index >= 15 is 0 Å². The van der Waals surface area contributed by atoms with E-state index in [4.69, 9.17) is 21.1 Å². The summed E-state index contributed by atoms with van der Waals surface area (Å²) in [6.45, 7) is 4.99. The predicted molar refractivity (Wildman–Crippen MR) is 70.7 cm³/mol. The molecule has 1 atom stereocenters. The zero-order chi connectivity index (χ0) is 13.4. The second-order valence-electron chi connectivity index (χ2n) is 4.10. The molecule has 102 valence electrons. The van der Waals surface area contributed by atoms with Crippen molar-refractivity contribution in [2.45, 2.75) is 19.5 Å². The van der Waals surface area contributed by atoms with Gasteiger partial charge in [-0.3, -0.25) is 9.88 Å². The lowest BCUT2D eigenvalue weighted by atomic mass is 10.2. The average molecular weight is 274 g/mol. The van der Waals surface area contributed by atoms with Crippen LogP contribution in [0.15, 0.2) is 12.4 Å². The standard InChI is InChI=1S/C12H20ClN3O2/c1-10(9-18-3)16(4-5-17-2)8-11-6-15-12(13)7-14-11/h6-7,10H,4-5,8-9H2,1-3H3. The number of ether oxygens (including phenoxy) is 2. The van der Waals surface area contributed by atoms with Gasteiger partial charge in [0.2, 0.25) is 0 Å². The molecule has 0 aliphatic carbocycles. The molecule has 0 aliphatic rings. The van der Waals surface area contributed by atoms with Gasteiger partial charge in [-0.1, -0.05) is 11.6 Å². The largest absolute Gasteiger partial charge is 0.383 e. The maximum Gasteiger partial charge on any atom is 0.147 e. The highest BCUT2D eigenvalue weighted by Crippen LogP contribution is 2.08. The maximum atomic E-state index is 5.72. The van der Waals surface area contributed by atoms with Gasteiger partial charge >= 0.3 is 0 Å². The Morgan fingerprint density at radius 2 is 2.06 bits per heavy atom. The van der Waals surface area contributed by atoms with Crippen LogP contribution < -0.4 is 0 Å². The van der Waals surface area contributed by atoms with Crippen molar-refractivity contribution in [2.75, 3.05) is 34.0 Å². The molecule has 0 bridgehead atoms. The minimum atomic E-state index is 0.294. The quantitative estimate of drug-likeness (QED) is 0.720. The smallest absolute Gasteiger partial charge is 0.147 e. The van der Waals surface area contributed by atoms with Crippen LogP contribution in [0.25, 0.3) is 0 Å². The summed E-state index contributed by atoms with van der Waals surface area (Å²) in [7, 11) is 3.40. The topological polar surface area (TPSA) is 47.5 Å². The Labute approximate surface area is 113 Å². The summed E-state index contributed by atoms with van der Waals surface area (Å²) in [4.78, 5) is 10.5. The minimum Gasteiger partial charge on any atom is -0.383 e. The number of aromatic nitrogens is 2. The number of nitrogens with zero attached hydrogens (tertiary/aromatic N) is 3. The first kappa shape index (κ1) is 15.3. The van der Waals surface area contributed by atoms with Gasteiger partial charge < -0.3 is 9.47 Å². The van der Waals surface area contributed by atoms with Crippen LogP contribution in [-0.4, -0.2) is 54.9 Å². The Hall–Kier alpha value is -0.750. The van der Waals surface area contributed by atoms with Crippen molar-refractivity contribution >= 4 is 11.6 Å². The molecule has 0 aliphatic heterocycles. The van der Waals surface area contributed by atoms with Gasteiger partial charge in [0, 0.05) is 33.4 Å². The molecule has 18 heavy (non-hydrogen) atoms. The number of hydrogen-bond acceptors (Lipinski definition) is 5. The van der Waals surface area contributed by atoms with E-state index in [0.29, 0.717) is 31.0 Å². The molecule has 1 unspecified atom stereocenters. The molecule has 1 aromatic heterocycles. The Bertz CT molecular complexity index is 335. The molecule has 0 fully saturated rings. The fourth-order valence-corrected chi connectivity index (χ4v) is 1.74. The molecular weight excluding hydrogens is 254 g/mol. The molecule has 0 saturated carbocycles. The van der Waals surface area contributed by atoms with Crippen molar-refractivity contribution in [3.05, 3.63) is 23.2 Å². The molecule has 1 heterocycles. The summed E-state index contributed by atoms with van der Waals surface area (Å²) < 4.78 is 10.3. The van der Waals surface area contributed by atoms with Gasteiger partial charge in [-0.2, -0.15) is 0 Å². The van der Waals surface area contributed by atoms with E-state index < -0.39 is 0 Å². The Morgan fingerprint density at radius 3 is 2.61 bits per heavy atom. The fourth-order valence-electron chi connectivity index (χ4n) is 1.64. The summed E-state index contributed by atoms with van der Waals surface area (Å²) in [5, 5.41) is 0.409. The lowest BCUT2D eigenvalue weighted by Crippen LogP contribution is -2.38. The normalized spacial score (nSPS) is 12.9. The Kier molecular flexibility index (Phi) is 7.12. The van der Waals surface area contributed by atoms with E-state index in [1.165, 1.54) is 0 Å². The first-order chi connectivity index (χ1) is 8.67. The van der Waals surface area contributed by atoms with Crippen LogP contribution >= 0.6 is 11.6 Å². The number of halogens is 1. The van der Waals surface area contributed by atoms with Crippen LogP contribution in [0.1, 0.15) is 12.6 Å². The highest BCUT2D eigenvalue weighted by molar-refractivity contribution is 6.29. The van der Waals surface area contributed by atoms with Gasteiger partial charge in [-0.05, 0) is 6.92 Å². The molecule has 1 rings (SSSR count). The second-order valence-corrected chi connectivity index (χ2v) is 4.49. The first-order valence-electron chi connectivity index (χ1n) is 5.85. The van der Waals surface area contributed by atoms with E-state index in [2.05, 4.69) is 21.8 Å². The summed E-state index contributed by atoms with van der Waals surface area (Å²) >= 11 is 5.72. The van der Waals surface area contributed by atoms with Crippen LogP contribution in [0.5, 0.6) is 0 Å².